The van der Waals surface area contributed by atoms with Crippen molar-refractivity contribution in [2.24, 2.45) is 0 Å². The highest BCUT2D eigenvalue weighted by Crippen LogP contribution is 2.28. The number of nitrogens with zero attached hydrogens (tertiary/aromatic N) is 2. The molecule has 0 fully saturated rings. The summed E-state index contributed by atoms with van der Waals surface area (Å²) in [7, 11) is 0. The number of aromatic nitrogens is 1. The topological polar surface area (TPSA) is 45.9 Å². The lowest BCUT2D eigenvalue weighted by Crippen LogP contribution is -2.19. The third-order valence-electron chi connectivity index (χ3n) is 1.71. The average Bonchev–Trinajstić information content (AvgIpc) is 2.20. The van der Waals surface area contributed by atoms with Gasteiger partial charge < -0.3 is 4.74 Å². The summed E-state index contributed by atoms with van der Waals surface area (Å²) < 4.78 is 40.4. The van der Waals surface area contributed by atoms with Crippen LogP contribution in [-0.4, -0.2) is 11.3 Å². The Hall–Kier alpha value is -0.750. The van der Waals surface area contributed by atoms with Crippen LogP contribution in [0.4, 0.5) is 13.2 Å². The molecule has 92 valence electrons. The Balaban J connectivity index is 3.19. The first-order valence-electron chi connectivity index (χ1n) is 4.24. The van der Waals surface area contributed by atoms with Gasteiger partial charge >= 0.3 is 6.36 Å². The highest BCUT2D eigenvalue weighted by atomic mass is 127. The fraction of sp³-hybridized carbons (Fsp3) is 0.333. The molecule has 0 aromatic carbocycles. The third-order valence-corrected chi connectivity index (χ3v) is 2.94. The Kier molecular flexibility index (Phi) is 4.82. The minimum Gasteiger partial charge on any atom is -0.388 e. The van der Waals surface area contributed by atoms with Gasteiger partial charge in [-0.15, -0.1) is 24.8 Å². The standard InChI is InChI=1S/C9H5ClF3IN2O/c10-4-6-3-5(1-2-15)8(16-7(6)14)17-9(11,12)13/h3H,1,4H2. The summed E-state index contributed by atoms with van der Waals surface area (Å²) in [5, 5.41) is 8.53. The van der Waals surface area contributed by atoms with Crippen LogP contribution in [0.15, 0.2) is 6.07 Å². The van der Waals surface area contributed by atoms with Crippen LogP contribution >= 0.6 is 34.2 Å². The van der Waals surface area contributed by atoms with E-state index in [-0.39, 0.29) is 17.9 Å². The number of ether oxygens (including phenoxy) is 1. The van der Waals surface area contributed by atoms with E-state index in [1.807, 2.05) is 0 Å². The second-order valence-electron chi connectivity index (χ2n) is 2.92. The van der Waals surface area contributed by atoms with Crippen LogP contribution in [-0.2, 0) is 12.3 Å². The lowest BCUT2D eigenvalue weighted by atomic mass is 10.1. The SMILES string of the molecule is N#CCc1cc(CCl)c(I)nc1OC(F)(F)F. The molecule has 8 heteroatoms. The van der Waals surface area contributed by atoms with Gasteiger partial charge in [-0.05, 0) is 34.2 Å². The molecule has 0 unspecified atom stereocenters. The maximum atomic E-state index is 12.1. The van der Waals surface area contributed by atoms with Crippen LogP contribution in [0, 0.1) is 15.0 Å². The van der Waals surface area contributed by atoms with Gasteiger partial charge in [0.25, 0.3) is 0 Å². The lowest BCUT2D eigenvalue weighted by molar-refractivity contribution is -0.276. The van der Waals surface area contributed by atoms with Crippen molar-refractivity contribution in [3.8, 4) is 11.9 Å². The maximum Gasteiger partial charge on any atom is 0.574 e. The van der Waals surface area contributed by atoms with Gasteiger partial charge in [0.05, 0.1) is 12.5 Å². The molecule has 0 atom stereocenters. The van der Waals surface area contributed by atoms with Crippen molar-refractivity contribution < 1.29 is 17.9 Å². The monoisotopic (exact) mass is 376 g/mol. The Morgan fingerprint density at radius 2 is 2.12 bits per heavy atom. The van der Waals surface area contributed by atoms with E-state index >= 15 is 0 Å². The van der Waals surface area contributed by atoms with Crippen molar-refractivity contribution in [2.45, 2.75) is 18.7 Å². The molecular weight excluding hydrogens is 371 g/mol. The van der Waals surface area contributed by atoms with Gasteiger partial charge in [0, 0.05) is 11.4 Å². The molecule has 1 heterocycles. The normalized spacial score (nSPS) is 11.1. The zero-order chi connectivity index (χ0) is 13.1. The molecular formula is C9H5ClF3IN2O. The maximum absolute atomic E-state index is 12.1. The van der Waals surface area contributed by atoms with Crippen molar-refractivity contribution in [1.82, 2.24) is 4.98 Å². The van der Waals surface area contributed by atoms with Gasteiger partial charge in [-0.2, -0.15) is 5.26 Å². The highest BCUT2D eigenvalue weighted by Gasteiger charge is 2.33. The molecule has 0 N–H and O–H groups in total. The minimum atomic E-state index is -4.83. The summed E-state index contributed by atoms with van der Waals surface area (Å²) in [6, 6.07) is 3.14. The van der Waals surface area contributed by atoms with Crippen LogP contribution in [0.1, 0.15) is 11.1 Å². The van der Waals surface area contributed by atoms with E-state index in [4.69, 9.17) is 16.9 Å². The van der Waals surface area contributed by atoms with Crippen molar-refractivity contribution >= 4 is 34.2 Å². The van der Waals surface area contributed by atoms with Crippen LogP contribution in [0.3, 0.4) is 0 Å². The molecule has 1 rings (SSSR count). The summed E-state index contributed by atoms with van der Waals surface area (Å²) in [4.78, 5) is 3.66. The van der Waals surface area contributed by atoms with Gasteiger partial charge in [0.15, 0.2) is 0 Å². The van der Waals surface area contributed by atoms with Crippen molar-refractivity contribution in [3.05, 3.63) is 20.9 Å². The van der Waals surface area contributed by atoms with Gasteiger partial charge in [0.1, 0.15) is 3.70 Å². The molecule has 0 aliphatic heterocycles. The predicted octanol–water partition coefficient (Wildman–Crippen LogP) is 3.39. The Morgan fingerprint density at radius 3 is 2.59 bits per heavy atom. The average molecular weight is 377 g/mol. The van der Waals surface area contributed by atoms with E-state index in [1.54, 1.807) is 28.7 Å². The van der Waals surface area contributed by atoms with Gasteiger partial charge in [-0.3, -0.25) is 0 Å². The number of rotatable bonds is 3. The largest absolute Gasteiger partial charge is 0.574 e. The second kappa shape index (κ2) is 5.73. The number of hydrogen-bond acceptors (Lipinski definition) is 3. The Bertz CT molecular complexity index is 459. The number of hydrogen-bond donors (Lipinski definition) is 0. The fourth-order valence-corrected chi connectivity index (χ4v) is 2.06. The molecule has 0 spiro atoms. The zero-order valence-electron chi connectivity index (χ0n) is 8.18. The molecule has 0 aliphatic carbocycles. The predicted molar refractivity (Wildman–Crippen MR) is 62.5 cm³/mol. The van der Waals surface area contributed by atoms with Gasteiger partial charge in [0.2, 0.25) is 5.88 Å². The molecule has 0 saturated heterocycles. The van der Waals surface area contributed by atoms with Crippen molar-refractivity contribution in [3.63, 3.8) is 0 Å². The minimum absolute atomic E-state index is 0.0703. The quantitative estimate of drug-likeness (QED) is 0.461. The van der Waals surface area contributed by atoms with Crippen molar-refractivity contribution in [1.29, 1.82) is 5.26 Å². The number of alkyl halides is 4. The molecule has 0 amide bonds. The number of halogens is 5. The summed E-state index contributed by atoms with van der Waals surface area (Å²) >= 11 is 7.36. The van der Waals surface area contributed by atoms with Crippen LogP contribution in [0.5, 0.6) is 5.88 Å². The van der Waals surface area contributed by atoms with E-state index in [2.05, 4.69) is 9.72 Å². The van der Waals surface area contributed by atoms with Gasteiger partial charge in [-0.25, -0.2) is 4.98 Å². The van der Waals surface area contributed by atoms with E-state index in [9.17, 15) is 13.2 Å². The van der Waals surface area contributed by atoms with Crippen molar-refractivity contribution in [2.75, 3.05) is 0 Å². The number of nitriles is 1. The third kappa shape index (κ3) is 4.20. The van der Waals surface area contributed by atoms with E-state index < -0.39 is 12.2 Å². The molecule has 17 heavy (non-hydrogen) atoms. The van der Waals surface area contributed by atoms with E-state index in [1.165, 1.54) is 6.07 Å². The van der Waals surface area contributed by atoms with E-state index in [0.717, 1.165) is 0 Å². The fourth-order valence-electron chi connectivity index (χ4n) is 1.07. The summed E-state index contributed by atoms with van der Waals surface area (Å²) in [6.45, 7) is 0. The van der Waals surface area contributed by atoms with Gasteiger partial charge in [-0.1, -0.05) is 0 Å². The summed E-state index contributed by atoms with van der Waals surface area (Å²) in [6.07, 6.45) is -5.05. The van der Waals surface area contributed by atoms with E-state index in [0.29, 0.717) is 9.26 Å². The summed E-state index contributed by atoms with van der Waals surface area (Å²) in [5.74, 6) is -0.493. The molecule has 1 aromatic heterocycles. The first-order chi connectivity index (χ1) is 7.87. The van der Waals surface area contributed by atoms with Crippen LogP contribution < -0.4 is 4.74 Å². The molecule has 1 aromatic rings. The summed E-state index contributed by atoms with van der Waals surface area (Å²) in [5.41, 5.74) is 0.632. The molecule has 3 nitrogen and oxygen atoms in total. The number of pyridine rings is 1. The zero-order valence-corrected chi connectivity index (χ0v) is 11.1. The first kappa shape index (κ1) is 14.3. The Labute approximate surface area is 114 Å². The first-order valence-corrected chi connectivity index (χ1v) is 5.85. The van der Waals surface area contributed by atoms with Crippen LogP contribution in [0.2, 0.25) is 0 Å². The molecule has 0 saturated carbocycles. The van der Waals surface area contributed by atoms with Crippen LogP contribution in [0.25, 0.3) is 0 Å². The Morgan fingerprint density at radius 1 is 1.47 bits per heavy atom. The smallest absolute Gasteiger partial charge is 0.388 e. The molecule has 0 bridgehead atoms. The lowest BCUT2D eigenvalue weighted by Gasteiger charge is -2.12. The molecule has 0 radical (unpaired) electrons. The second-order valence-corrected chi connectivity index (χ2v) is 4.21. The molecule has 0 aliphatic rings. The highest BCUT2D eigenvalue weighted by molar-refractivity contribution is 14.1.